The molecule has 5 nitrogen and oxygen atoms in total. The topological polar surface area (TPSA) is 64.1 Å². The molecule has 0 saturated heterocycles. The minimum atomic E-state index is 0.513. The summed E-state index contributed by atoms with van der Waals surface area (Å²) in [5, 5.41) is 11.3. The van der Waals surface area contributed by atoms with Gasteiger partial charge in [0.05, 0.1) is 11.8 Å². The summed E-state index contributed by atoms with van der Waals surface area (Å²) in [7, 11) is 0. The normalized spacial score (nSPS) is 11.2. The lowest BCUT2D eigenvalue weighted by molar-refractivity contribution is 0.483. The molecule has 0 radical (unpaired) electrons. The van der Waals surface area contributed by atoms with Crippen molar-refractivity contribution in [2.24, 2.45) is 0 Å². The van der Waals surface area contributed by atoms with Crippen LogP contribution in [0.2, 0.25) is 0 Å². The summed E-state index contributed by atoms with van der Waals surface area (Å²) in [6.45, 7) is 5.22. The average molecular weight is 235 g/mol. The Morgan fingerprint density at radius 1 is 1.35 bits per heavy atom. The van der Waals surface area contributed by atoms with Crippen LogP contribution in [0.1, 0.15) is 26.2 Å². The highest BCUT2D eigenvalue weighted by molar-refractivity contribution is 5.49. The van der Waals surface area contributed by atoms with Gasteiger partial charge in [0.1, 0.15) is 6.26 Å². The van der Waals surface area contributed by atoms with Crippen LogP contribution in [0.3, 0.4) is 0 Å². The molecule has 0 saturated carbocycles. The van der Waals surface area contributed by atoms with E-state index in [1.54, 1.807) is 18.6 Å². The highest BCUT2D eigenvalue weighted by Crippen LogP contribution is 2.18. The maximum Gasteiger partial charge on any atom is 0.250 e. The zero-order valence-corrected chi connectivity index (χ0v) is 10.1. The fraction of sp³-hybridized carbons (Fsp3) is 0.500. The molecule has 0 spiro atoms. The van der Waals surface area contributed by atoms with Gasteiger partial charge in [-0.05, 0) is 19.0 Å². The smallest absolute Gasteiger partial charge is 0.250 e. The van der Waals surface area contributed by atoms with Gasteiger partial charge in [-0.2, -0.15) is 0 Å². The van der Waals surface area contributed by atoms with Crippen LogP contribution < -0.4 is 5.32 Å². The first-order chi connectivity index (χ1) is 8.25. The number of nitrogens with zero attached hydrogens (tertiary/aromatic N) is 2. The molecule has 0 amide bonds. The van der Waals surface area contributed by atoms with Gasteiger partial charge < -0.3 is 14.2 Å². The minimum Gasteiger partial charge on any atom is -0.472 e. The number of nitrogens with one attached hydrogen (secondary N) is 1. The lowest BCUT2D eigenvalue weighted by Gasteiger charge is -2.05. The first-order valence-corrected chi connectivity index (χ1v) is 5.84. The number of aromatic nitrogens is 2. The van der Waals surface area contributed by atoms with Crippen LogP contribution in [0.15, 0.2) is 27.4 Å². The van der Waals surface area contributed by atoms with E-state index in [0.29, 0.717) is 17.8 Å². The Morgan fingerprint density at radius 2 is 2.24 bits per heavy atom. The van der Waals surface area contributed by atoms with Crippen molar-refractivity contribution in [2.45, 2.75) is 32.7 Å². The van der Waals surface area contributed by atoms with E-state index in [4.69, 9.17) is 8.83 Å². The third-order valence-electron chi connectivity index (χ3n) is 2.35. The van der Waals surface area contributed by atoms with Gasteiger partial charge in [0.25, 0.3) is 5.89 Å². The Balaban J connectivity index is 1.83. The minimum absolute atomic E-state index is 0.513. The van der Waals surface area contributed by atoms with Gasteiger partial charge >= 0.3 is 0 Å². The van der Waals surface area contributed by atoms with Crippen LogP contribution in [0.5, 0.6) is 0 Å². The predicted molar refractivity (Wildman–Crippen MR) is 63.5 cm³/mol. The van der Waals surface area contributed by atoms with Crippen molar-refractivity contribution < 1.29 is 8.83 Å². The molecule has 1 N–H and O–H groups in total. The van der Waals surface area contributed by atoms with E-state index in [0.717, 1.165) is 24.9 Å². The standard InChI is InChI=1S/C12H17N3O2/c1-9(2)13-6-3-4-11-14-15-12(17-11)10-5-7-16-8-10/h5,7-9,13H,3-4,6H2,1-2H3. The summed E-state index contributed by atoms with van der Waals surface area (Å²) in [5.41, 5.74) is 0.823. The van der Waals surface area contributed by atoms with E-state index in [1.807, 2.05) is 0 Å². The van der Waals surface area contributed by atoms with E-state index >= 15 is 0 Å². The highest BCUT2D eigenvalue weighted by atomic mass is 16.4. The third kappa shape index (κ3) is 3.42. The quantitative estimate of drug-likeness (QED) is 0.778. The summed E-state index contributed by atoms with van der Waals surface area (Å²) >= 11 is 0. The van der Waals surface area contributed by atoms with Gasteiger partial charge in [-0.25, -0.2) is 0 Å². The Labute approximate surface area is 100 Å². The largest absolute Gasteiger partial charge is 0.472 e. The summed E-state index contributed by atoms with van der Waals surface area (Å²) in [5.74, 6) is 1.19. The van der Waals surface area contributed by atoms with Crippen molar-refractivity contribution in [2.75, 3.05) is 6.54 Å². The van der Waals surface area contributed by atoms with Crippen molar-refractivity contribution in [1.82, 2.24) is 15.5 Å². The van der Waals surface area contributed by atoms with Crippen molar-refractivity contribution in [3.05, 3.63) is 24.5 Å². The molecular formula is C12H17N3O2. The summed E-state index contributed by atoms with van der Waals surface area (Å²) in [6, 6.07) is 2.32. The summed E-state index contributed by atoms with van der Waals surface area (Å²) in [4.78, 5) is 0. The fourth-order valence-electron chi connectivity index (χ4n) is 1.49. The van der Waals surface area contributed by atoms with Gasteiger partial charge in [0.15, 0.2) is 0 Å². The van der Waals surface area contributed by atoms with Crippen molar-refractivity contribution >= 4 is 0 Å². The molecule has 2 aromatic heterocycles. The average Bonchev–Trinajstić information content (AvgIpc) is 2.94. The van der Waals surface area contributed by atoms with Crippen molar-refractivity contribution in [1.29, 1.82) is 0 Å². The first-order valence-electron chi connectivity index (χ1n) is 5.84. The SMILES string of the molecule is CC(C)NCCCc1nnc(-c2ccoc2)o1. The molecule has 2 aromatic rings. The van der Waals surface area contributed by atoms with E-state index in [9.17, 15) is 0 Å². The highest BCUT2D eigenvalue weighted by Gasteiger charge is 2.08. The van der Waals surface area contributed by atoms with Gasteiger partial charge in [-0.15, -0.1) is 10.2 Å². The van der Waals surface area contributed by atoms with Gasteiger partial charge in [-0.3, -0.25) is 0 Å². The lowest BCUT2D eigenvalue weighted by atomic mass is 10.3. The molecule has 92 valence electrons. The molecule has 17 heavy (non-hydrogen) atoms. The molecule has 0 aliphatic carbocycles. The molecule has 0 fully saturated rings. The van der Waals surface area contributed by atoms with E-state index in [-0.39, 0.29) is 0 Å². The zero-order valence-electron chi connectivity index (χ0n) is 10.1. The monoisotopic (exact) mass is 235 g/mol. The van der Waals surface area contributed by atoms with E-state index in [2.05, 4.69) is 29.4 Å². The van der Waals surface area contributed by atoms with Crippen LogP contribution in [-0.4, -0.2) is 22.8 Å². The summed E-state index contributed by atoms with van der Waals surface area (Å²) in [6.07, 6.45) is 4.97. The number of hydrogen-bond acceptors (Lipinski definition) is 5. The Morgan fingerprint density at radius 3 is 2.94 bits per heavy atom. The van der Waals surface area contributed by atoms with E-state index < -0.39 is 0 Å². The second-order valence-corrected chi connectivity index (χ2v) is 4.23. The number of aryl methyl sites for hydroxylation is 1. The Kier molecular flexibility index (Phi) is 3.93. The molecule has 5 heteroatoms. The summed E-state index contributed by atoms with van der Waals surface area (Å²) < 4.78 is 10.5. The molecule has 0 atom stereocenters. The van der Waals surface area contributed by atoms with Crippen LogP contribution in [0, 0.1) is 0 Å². The Bertz CT molecular complexity index is 434. The number of hydrogen-bond donors (Lipinski definition) is 1. The van der Waals surface area contributed by atoms with Crippen molar-refractivity contribution in [3.63, 3.8) is 0 Å². The maximum absolute atomic E-state index is 5.53. The van der Waals surface area contributed by atoms with Crippen LogP contribution in [0.4, 0.5) is 0 Å². The second-order valence-electron chi connectivity index (χ2n) is 4.23. The van der Waals surface area contributed by atoms with Crippen molar-refractivity contribution in [3.8, 4) is 11.5 Å². The fourth-order valence-corrected chi connectivity index (χ4v) is 1.49. The molecule has 0 aliphatic rings. The molecule has 0 bridgehead atoms. The number of rotatable bonds is 6. The predicted octanol–water partition coefficient (Wildman–Crippen LogP) is 2.26. The van der Waals surface area contributed by atoms with Gasteiger partial charge in [0.2, 0.25) is 5.89 Å². The van der Waals surface area contributed by atoms with Crippen LogP contribution >= 0.6 is 0 Å². The Hall–Kier alpha value is -1.62. The first kappa shape index (κ1) is 11.9. The molecular weight excluding hydrogens is 218 g/mol. The number of furan rings is 1. The molecule has 2 heterocycles. The lowest BCUT2D eigenvalue weighted by Crippen LogP contribution is -2.23. The third-order valence-corrected chi connectivity index (χ3v) is 2.35. The molecule has 0 unspecified atom stereocenters. The van der Waals surface area contributed by atoms with Gasteiger partial charge in [-0.1, -0.05) is 13.8 Å². The van der Waals surface area contributed by atoms with Crippen LogP contribution in [-0.2, 0) is 6.42 Å². The van der Waals surface area contributed by atoms with Gasteiger partial charge in [0, 0.05) is 12.5 Å². The van der Waals surface area contributed by atoms with Crippen LogP contribution in [0.25, 0.3) is 11.5 Å². The molecule has 0 aliphatic heterocycles. The second kappa shape index (κ2) is 5.63. The maximum atomic E-state index is 5.53. The molecule has 0 aromatic carbocycles. The zero-order chi connectivity index (χ0) is 12.1. The van der Waals surface area contributed by atoms with E-state index in [1.165, 1.54) is 0 Å². The molecule has 2 rings (SSSR count).